The highest BCUT2D eigenvalue weighted by Crippen LogP contribution is 2.27. The molecule has 0 radical (unpaired) electrons. The number of hydrogen-bond acceptors (Lipinski definition) is 3. The highest BCUT2D eigenvalue weighted by atomic mass is 35.5. The Hall–Kier alpha value is -1.89. The van der Waals surface area contributed by atoms with E-state index in [1.807, 2.05) is 13.1 Å². The summed E-state index contributed by atoms with van der Waals surface area (Å²) in [4.78, 5) is 13.8. The molecule has 2 N–H and O–H groups in total. The molecular formula is C20H24ClN2O3S+. The van der Waals surface area contributed by atoms with Gasteiger partial charge in [0.2, 0.25) is 0 Å². The van der Waals surface area contributed by atoms with Crippen LogP contribution in [0.25, 0.3) is 0 Å². The van der Waals surface area contributed by atoms with Crippen molar-refractivity contribution in [3.63, 3.8) is 0 Å². The van der Waals surface area contributed by atoms with E-state index in [-0.39, 0.29) is 23.4 Å². The number of anilines is 1. The molecule has 1 unspecified atom stereocenters. The zero-order chi connectivity index (χ0) is 19.6. The number of rotatable bonds is 5. The van der Waals surface area contributed by atoms with Crippen LogP contribution in [0.1, 0.15) is 30.0 Å². The van der Waals surface area contributed by atoms with Crippen molar-refractivity contribution < 1.29 is 18.1 Å². The van der Waals surface area contributed by atoms with E-state index in [0.29, 0.717) is 10.7 Å². The molecular weight excluding hydrogens is 384 g/mol. The van der Waals surface area contributed by atoms with E-state index < -0.39 is 9.84 Å². The fourth-order valence-electron chi connectivity index (χ4n) is 3.67. The molecule has 0 spiro atoms. The number of sulfone groups is 1. The standard InChI is InChI=1S/C20H23ClN2O3S/c1-23(19-9-5-7-14-6-3-4-8-16(14)19)13-20(24)22-18-12-15(27(2,25)26)10-11-17(18)21/h3-4,6,8,10-12,19H,5,7,9,13H2,1-2H3,(H,22,24)/p+1/t19-/m1/s1. The Kier molecular flexibility index (Phi) is 5.89. The lowest BCUT2D eigenvalue weighted by atomic mass is 9.87. The number of carbonyl (C=O) groups excluding carboxylic acids is 1. The van der Waals surface area contributed by atoms with Crippen LogP contribution in [0.2, 0.25) is 5.02 Å². The van der Waals surface area contributed by atoms with Crippen LogP contribution in [-0.2, 0) is 21.1 Å². The number of benzene rings is 2. The number of hydrogen-bond donors (Lipinski definition) is 2. The minimum atomic E-state index is -3.37. The van der Waals surface area contributed by atoms with Gasteiger partial charge in [-0.2, -0.15) is 0 Å². The number of carbonyl (C=O) groups is 1. The third-order valence-electron chi connectivity index (χ3n) is 5.04. The van der Waals surface area contributed by atoms with Gasteiger partial charge in [-0.15, -0.1) is 0 Å². The Morgan fingerprint density at radius 3 is 2.74 bits per heavy atom. The van der Waals surface area contributed by atoms with Crippen molar-refractivity contribution in [2.24, 2.45) is 0 Å². The van der Waals surface area contributed by atoms with Gasteiger partial charge in [0.15, 0.2) is 16.4 Å². The normalized spacial score (nSPS) is 17.8. The second-order valence-electron chi connectivity index (χ2n) is 7.13. The molecule has 2 atom stereocenters. The van der Waals surface area contributed by atoms with Crippen molar-refractivity contribution in [3.05, 3.63) is 58.6 Å². The summed E-state index contributed by atoms with van der Waals surface area (Å²) >= 11 is 6.13. The third-order valence-corrected chi connectivity index (χ3v) is 6.48. The van der Waals surface area contributed by atoms with Crippen LogP contribution in [0.4, 0.5) is 5.69 Å². The predicted molar refractivity (Wildman–Crippen MR) is 107 cm³/mol. The Labute approximate surface area is 165 Å². The first-order chi connectivity index (χ1) is 12.8. The van der Waals surface area contributed by atoms with Crippen molar-refractivity contribution >= 4 is 33.0 Å². The molecule has 0 saturated carbocycles. The van der Waals surface area contributed by atoms with E-state index in [0.717, 1.165) is 30.4 Å². The Balaban J connectivity index is 1.72. The summed E-state index contributed by atoms with van der Waals surface area (Å²) in [5.41, 5.74) is 2.99. The number of fused-ring (bicyclic) bond motifs is 1. The number of aryl methyl sites for hydroxylation is 1. The van der Waals surface area contributed by atoms with E-state index in [1.54, 1.807) is 0 Å². The molecule has 0 aliphatic heterocycles. The average molecular weight is 408 g/mol. The maximum atomic E-state index is 12.6. The zero-order valence-electron chi connectivity index (χ0n) is 15.5. The summed E-state index contributed by atoms with van der Waals surface area (Å²) in [5, 5.41) is 3.08. The molecule has 27 heavy (non-hydrogen) atoms. The van der Waals surface area contributed by atoms with E-state index >= 15 is 0 Å². The molecule has 0 bridgehead atoms. The minimum absolute atomic E-state index is 0.129. The molecule has 0 fully saturated rings. The molecule has 144 valence electrons. The predicted octanol–water partition coefficient (Wildman–Crippen LogP) is 2.27. The van der Waals surface area contributed by atoms with Gasteiger partial charge >= 0.3 is 0 Å². The highest BCUT2D eigenvalue weighted by molar-refractivity contribution is 7.90. The van der Waals surface area contributed by atoms with E-state index in [4.69, 9.17) is 11.6 Å². The van der Waals surface area contributed by atoms with Crippen LogP contribution >= 0.6 is 11.6 Å². The zero-order valence-corrected chi connectivity index (χ0v) is 17.0. The molecule has 1 aliphatic rings. The minimum Gasteiger partial charge on any atom is -0.323 e. The fraction of sp³-hybridized carbons (Fsp3) is 0.350. The molecule has 0 heterocycles. The van der Waals surface area contributed by atoms with Crippen LogP contribution in [-0.4, -0.2) is 34.2 Å². The Morgan fingerprint density at radius 1 is 1.26 bits per heavy atom. The number of amides is 1. The van der Waals surface area contributed by atoms with Crippen LogP contribution in [0, 0.1) is 0 Å². The number of quaternary nitrogens is 1. The lowest BCUT2D eigenvalue weighted by Gasteiger charge is -2.30. The van der Waals surface area contributed by atoms with Crippen LogP contribution < -0.4 is 10.2 Å². The summed E-state index contributed by atoms with van der Waals surface area (Å²) < 4.78 is 23.4. The van der Waals surface area contributed by atoms with Gasteiger partial charge in [0.25, 0.3) is 5.91 Å². The lowest BCUT2D eigenvalue weighted by Crippen LogP contribution is -3.10. The average Bonchev–Trinajstić information content (AvgIpc) is 2.62. The highest BCUT2D eigenvalue weighted by Gasteiger charge is 2.28. The fourth-order valence-corrected chi connectivity index (χ4v) is 4.48. The molecule has 2 aromatic rings. The maximum Gasteiger partial charge on any atom is 0.279 e. The van der Waals surface area contributed by atoms with Gasteiger partial charge in [0, 0.05) is 18.2 Å². The first-order valence-corrected chi connectivity index (χ1v) is 11.2. The van der Waals surface area contributed by atoms with Crippen LogP contribution in [0.5, 0.6) is 0 Å². The number of likely N-dealkylation sites (N-methyl/N-ethyl adjacent to an activating group) is 1. The SMILES string of the molecule is C[NH+](CC(=O)Nc1cc(S(C)(=O)=O)ccc1Cl)[C@@H]1CCCc2ccccc21. The summed E-state index contributed by atoms with van der Waals surface area (Å²) in [5.74, 6) is -0.192. The van der Waals surface area contributed by atoms with Crippen molar-refractivity contribution in [2.45, 2.75) is 30.2 Å². The Morgan fingerprint density at radius 2 is 2.00 bits per heavy atom. The molecule has 3 rings (SSSR count). The number of nitrogens with one attached hydrogen (secondary N) is 2. The topological polar surface area (TPSA) is 67.7 Å². The van der Waals surface area contributed by atoms with Crippen molar-refractivity contribution in [2.75, 3.05) is 25.2 Å². The molecule has 1 aliphatic carbocycles. The van der Waals surface area contributed by atoms with E-state index in [9.17, 15) is 13.2 Å². The van der Waals surface area contributed by atoms with Gasteiger partial charge in [-0.3, -0.25) is 4.79 Å². The maximum absolute atomic E-state index is 12.6. The molecule has 2 aromatic carbocycles. The monoisotopic (exact) mass is 407 g/mol. The molecule has 0 aromatic heterocycles. The second kappa shape index (κ2) is 8.00. The van der Waals surface area contributed by atoms with E-state index in [1.165, 1.54) is 29.3 Å². The van der Waals surface area contributed by atoms with Crippen LogP contribution in [0.15, 0.2) is 47.4 Å². The van der Waals surface area contributed by atoms with Gasteiger partial charge in [-0.1, -0.05) is 35.9 Å². The van der Waals surface area contributed by atoms with Gasteiger partial charge in [-0.05, 0) is 36.6 Å². The molecule has 7 heteroatoms. The third kappa shape index (κ3) is 4.69. The molecule has 5 nitrogen and oxygen atoms in total. The second-order valence-corrected chi connectivity index (χ2v) is 9.55. The van der Waals surface area contributed by atoms with Crippen molar-refractivity contribution in [3.8, 4) is 0 Å². The van der Waals surface area contributed by atoms with Gasteiger partial charge in [0.1, 0.15) is 6.04 Å². The first kappa shape index (κ1) is 19.9. The number of halogens is 1. The largest absolute Gasteiger partial charge is 0.323 e. The van der Waals surface area contributed by atoms with E-state index in [2.05, 4.69) is 23.5 Å². The summed E-state index contributed by atoms with van der Waals surface area (Å²) in [6.45, 7) is 0.276. The summed E-state index contributed by atoms with van der Waals surface area (Å²) in [7, 11) is -1.35. The molecule has 1 amide bonds. The van der Waals surface area contributed by atoms with Crippen LogP contribution in [0.3, 0.4) is 0 Å². The van der Waals surface area contributed by atoms with Gasteiger partial charge in [0.05, 0.1) is 22.7 Å². The Bertz CT molecular complexity index is 959. The smallest absolute Gasteiger partial charge is 0.279 e. The summed E-state index contributed by atoms with van der Waals surface area (Å²) in [6, 6.07) is 13.0. The van der Waals surface area contributed by atoms with Crippen molar-refractivity contribution in [1.29, 1.82) is 0 Å². The van der Waals surface area contributed by atoms with Gasteiger partial charge in [-0.25, -0.2) is 8.42 Å². The molecule has 0 saturated heterocycles. The van der Waals surface area contributed by atoms with Crippen molar-refractivity contribution in [1.82, 2.24) is 0 Å². The lowest BCUT2D eigenvalue weighted by molar-refractivity contribution is -0.905. The summed E-state index contributed by atoms with van der Waals surface area (Å²) in [6.07, 6.45) is 4.36. The first-order valence-electron chi connectivity index (χ1n) is 8.95. The van der Waals surface area contributed by atoms with Gasteiger partial charge < -0.3 is 10.2 Å². The quantitative estimate of drug-likeness (QED) is 0.799.